The number of methoxy groups -OCH3 is 1. The van der Waals surface area contributed by atoms with Gasteiger partial charge in [-0.3, -0.25) is 4.79 Å². The molecule has 1 saturated heterocycles. The topological polar surface area (TPSA) is 64.3 Å². The molecule has 2 rings (SSSR count). The molecule has 1 aliphatic heterocycles. The standard InChI is InChI=1S/C14H20N2O2S/c1-14(6-3-7-19-14)9-16-13(17)11-5-4-10(18-2)8-12(11)15/h4-5,8H,3,6-7,9,15H2,1-2H3,(H,16,17). The fourth-order valence-electron chi connectivity index (χ4n) is 2.21. The maximum atomic E-state index is 12.1. The second kappa shape index (κ2) is 5.74. The third kappa shape index (κ3) is 3.35. The van der Waals surface area contributed by atoms with E-state index in [-0.39, 0.29) is 10.7 Å². The number of benzene rings is 1. The molecular weight excluding hydrogens is 260 g/mol. The predicted octanol–water partition coefficient (Wildman–Crippen LogP) is 2.29. The Balaban J connectivity index is 2.00. The van der Waals surface area contributed by atoms with Crippen LogP contribution in [0.15, 0.2) is 18.2 Å². The third-order valence-corrected chi connectivity index (χ3v) is 4.96. The van der Waals surface area contributed by atoms with E-state index in [9.17, 15) is 4.79 Å². The van der Waals surface area contributed by atoms with Crippen molar-refractivity contribution in [2.24, 2.45) is 0 Å². The number of ether oxygens (including phenoxy) is 1. The number of carbonyl (C=O) groups is 1. The third-order valence-electron chi connectivity index (χ3n) is 3.43. The SMILES string of the molecule is COc1ccc(C(=O)NCC2(C)CCCS2)c(N)c1. The average molecular weight is 280 g/mol. The monoisotopic (exact) mass is 280 g/mol. The first-order valence-electron chi connectivity index (χ1n) is 6.40. The lowest BCUT2D eigenvalue weighted by atomic mass is 10.1. The summed E-state index contributed by atoms with van der Waals surface area (Å²) in [4.78, 5) is 12.1. The number of rotatable bonds is 4. The second-order valence-corrected chi connectivity index (χ2v) is 6.72. The Morgan fingerprint density at radius 3 is 2.95 bits per heavy atom. The number of amides is 1. The molecule has 19 heavy (non-hydrogen) atoms. The van der Waals surface area contributed by atoms with Crippen molar-refractivity contribution in [2.75, 3.05) is 25.1 Å². The number of anilines is 1. The Kier molecular flexibility index (Phi) is 4.24. The van der Waals surface area contributed by atoms with Gasteiger partial charge in [0.05, 0.1) is 12.7 Å². The van der Waals surface area contributed by atoms with E-state index >= 15 is 0 Å². The highest BCUT2D eigenvalue weighted by Gasteiger charge is 2.29. The van der Waals surface area contributed by atoms with Gasteiger partial charge in [0.25, 0.3) is 5.91 Å². The molecule has 1 fully saturated rings. The highest BCUT2D eigenvalue weighted by molar-refractivity contribution is 8.00. The highest BCUT2D eigenvalue weighted by Crippen LogP contribution is 2.37. The second-order valence-electron chi connectivity index (χ2n) is 5.04. The molecule has 1 heterocycles. The van der Waals surface area contributed by atoms with Gasteiger partial charge in [-0.2, -0.15) is 11.8 Å². The van der Waals surface area contributed by atoms with Gasteiger partial charge in [-0.25, -0.2) is 0 Å². The molecule has 0 saturated carbocycles. The minimum atomic E-state index is -0.117. The molecule has 0 aliphatic carbocycles. The average Bonchev–Trinajstić information content (AvgIpc) is 2.83. The van der Waals surface area contributed by atoms with E-state index < -0.39 is 0 Å². The molecular formula is C14H20N2O2S. The molecule has 5 heteroatoms. The van der Waals surface area contributed by atoms with Gasteiger partial charge in [-0.05, 0) is 37.7 Å². The zero-order chi connectivity index (χ0) is 13.9. The molecule has 0 radical (unpaired) electrons. The van der Waals surface area contributed by atoms with Crippen molar-refractivity contribution in [3.63, 3.8) is 0 Å². The molecule has 1 amide bonds. The van der Waals surface area contributed by atoms with Crippen molar-refractivity contribution < 1.29 is 9.53 Å². The van der Waals surface area contributed by atoms with E-state index in [0.29, 0.717) is 23.5 Å². The highest BCUT2D eigenvalue weighted by atomic mass is 32.2. The predicted molar refractivity (Wildman–Crippen MR) is 79.8 cm³/mol. The number of nitrogen functional groups attached to an aromatic ring is 1. The molecule has 1 aliphatic rings. The lowest BCUT2D eigenvalue weighted by Gasteiger charge is -2.23. The first kappa shape index (κ1) is 14.1. The fourth-order valence-corrected chi connectivity index (χ4v) is 3.46. The Hall–Kier alpha value is -1.36. The van der Waals surface area contributed by atoms with Crippen molar-refractivity contribution in [1.29, 1.82) is 0 Å². The summed E-state index contributed by atoms with van der Waals surface area (Å²) in [5, 5.41) is 2.98. The summed E-state index contributed by atoms with van der Waals surface area (Å²) in [5.74, 6) is 1.72. The van der Waals surface area contributed by atoms with Crippen LogP contribution in [0.25, 0.3) is 0 Å². The van der Waals surface area contributed by atoms with Crippen LogP contribution < -0.4 is 15.8 Å². The van der Waals surface area contributed by atoms with Gasteiger partial charge in [-0.15, -0.1) is 0 Å². The normalized spacial score (nSPS) is 22.2. The summed E-state index contributed by atoms with van der Waals surface area (Å²) >= 11 is 1.93. The van der Waals surface area contributed by atoms with Crippen molar-refractivity contribution >= 4 is 23.4 Å². The molecule has 0 bridgehead atoms. The van der Waals surface area contributed by atoms with Crippen LogP contribution in [0.5, 0.6) is 5.75 Å². The van der Waals surface area contributed by atoms with E-state index in [4.69, 9.17) is 10.5 Å². The van der Waals surface area contributed by atoms with E-state index in [0.717, 1.165) is 6.42 Å². The molecule has 1 unspecified atom stereocenters. The van der Waals surface area contributed by atoms with Crippen molar-refractivity contribution in [2.45, 2.75) is 24.5 Å². The number of nitrogens with two attached hydrogens (primary N) is 1. The number of hydrogen-bond acceptors (Lipinski definition) is 4. The number of nitrogens with one attached hydrogen (secondary N) is 1. The van der Waals surface area contributed by atoms with E-state index in [1.165, 1.54) is 12.2 Å². The zero-order valence-electron chi connectivity index (χ0n) is 11.4. The lowest BCUT2D eigenvalue weighted by Crippen LogP contribution is -2.37. The van der Waals surface area contributed by atoms with E-state index in [1.807, 2.05) is 11.8 Å². The van der Waals surface area contributed by atoms with E-state index in [2.05, 4.69) is 12.2 Å². The van der Waals surface area contributed by atoms with E-state index in [1.54, 1.807) is 25.3 Å². The molecule has 4 nitrogen and oxygen atoms in total. The summed E-state index contributed by atoms with van der Waals surface area (Å²) in [6.45, 7) is 2.88. The summed E-state index contributed by atoms with van der Waals surface area (Å²) in [5.41, 5.74) is 6.82. The molecule has 104 valence electrons. The summed E-state index contributed by atoms with van der Waals surface area (Å²) < 4.78 is 5.24. The summed E-state index contributed by atoms with van der Waals surface area (Å²) in [6.07, 6.45) is 2.37. The summed E-state index contributed by atoms with van der Waals surface area (Å²) in [6, 6.07) is 5.12. The number of thioether (sulfide) groups is 1. The van der Waals surface area contributed by atoms with Gasteiger partial charge in [-0.1, -0.05) is 0 Å². The molecule has 0 aromatic heterocycles. The van der Waals surface area contributed by atoms with Crippen LogP contribution in [0, 0.1) is 0 Å². The Labute approximate surface area is 118 Å². The maximum absolute atomic E-state index is 12.1. The quantitative estimate of drug-likeness (QED) is 0.831. The zero-order valence-corrected chi connectivity index (χ0v) is 12.2. The lowest BCUT2D eigenvalue weighted by molar-refractivity contribution is 0.0951. The van der Waals surface area contributed by atoms with Crippen LogP contribution in [0.4, 0.5) is 5.69 Å². The van der Waals surface area contributed by atoms with Crippen LogP contribution >= 0.6 is 11.8 Å². The van der Waals surface area contributed by atoms with Gasteiger partial charge in [0.2, 0.25) is 0 Å². The minimum Gasteiger partial charge on any atom is -0.497 e. The molecule has 0 spiro atoms. The van der Waals surface area contributed by atoms with Crippen LogP contribution in [-0.2, 0) is 0 Å². The fraction of sp³-hybridized carbons (Fsp3) is 0.500. The van der Waals surface area contributed by atoms with Gasteiger partial charge in [0, 0.05) is 23.0 Å². The van der Waals surface area contributed by atoms with Gasteiger partial charge in [0.1, 0.15) is 5.75 Å². The Morgan fingerprint density at radius 2 is 2.37 bits per heavy atom. The van der Waals surface area contributed by atoms with Crippen LogP contribution in [0.3, 0.4) is 0 Å². The molecule has 3 N–H and O–H groups in total. The number of carbonyl (C=O) groups excluding carboxylic acids is 1. The van der Waals surface area contributed by atoms with Crippen LogP contribution in [0.2, 0.25) is 0 Å². The van der Waals surface area contributed by atoms with Crippen LogP contribution in [-0.4, -0.2) is 30.1 Å². The van der Waals surface area contributed by atoms with Crippen molar-refractivity contribution in [3.8, 4) is 5.75 Å². The van der Waals surface area contributed by atoms with Crippen molar-refractivity contribution in [1.82, 2.24) is 5.32 Å². The van der Waals surface area contributed by atoms with Gasteiger partial charge in [0.15, 0.2) is 0 Å². The minimum absolute atomic E-state index is 0.117. The maximum Gasteiger partial charge on any atom is 0.253 e. The summed E-state index contributed by atoms with van der Waals surface area (Å²) in [7, 11) is 1.58. The Morgan fingerprint density at radius 1 is 1.58 bits per heavy atom. The largest absolute Gasteiger partial charge is 0.497 e. The van der Waals surface area contributed by atoms with Gasteiger partial charge >= 0.3 is 0 Å². The van der Waals surface area contributed by atoms with Crippen molar-refractivity contribution in [3.05, 3.63) is 23.8 Å². The molecule has 1 aromatic rings. The smallest absolute Gasteiger partial charge is 0.253 e. The molecule has 1 aromatic carbocycles. The Bertz CT molecular complexity index is 471. The van der Waals surface area contributed by atoms with Crippen LogP contribution in [0.1, 0.15) is 30.1 Å². The first-order valence-corrected chi connectivity index (χ1v) is 7.38. The number of hydrogen-bond donors (Lipinski definition) is 2. The molecule has 1 atom stereocenters. The van der Waals surface area contributed by atoms with Gasteiger partial charge < -0.3 is 15.8 Å². The first-order chi connectivity index (χ1) is 9.04.